The van der Waals surface area contributed by atoms with Crippen LogP contribution in [0.2, 0.25) is 0 Å². The highest BCUT2D eigenvalue weighted by atomic mass is 14.8. The molecule has 88 valence electrons. The lowest BCUT2D eigenvalue weighted by atomic mass is 10.0. The minimum atomic E-state index is 0.498. The number of benzene rings is 1. The van der Waals surface area contributed by atoms with Gasteiger partial charge >= 0.3 is 0 Å². The van der Waals surface area contributed by atoms with Crippen LogP contribution < -0.4 is 5.32 Å². The molecule has 1 N–H and O–H groups in total. The first-order chi connectivity index (χ1) is 8.29. The second kappa shape index (κ2) is 5.55. The SMILES string of the molecule is CNC(C)Cc1ccc(-c2cnccn2)cc1. The van der Waals surface area contributed by atoms with E-state index in [1.54, 1.807) is 18.6 Å². The molecule has 1 aromatic carbocycles. The summed E-state index contributed by atoms with van der Waals surface area (Å²) in [7, 11) is 1.98. The summed E-state index contributed by atoms with van der Waals surface area (Å²) in [5.74, 6) is 0. The van der Waals surface area contributed by atoms with Gasteiger partial charge in [0.05, 0.1) is 11.9 Å². The van der Waals surface area contributed by atoms with Gasteiger partial charge in [-0.1, -0.05) is 24.3 Å². The maximum atomic E-state index is 4.28. The van der Waals surface area contributed by atoms with Crippen LogP contribution in [0.25, 0.3) is 11.3 Å². The second-order valence-electron chi connectivity index (χ2n) is 4.18. The van der Waals surface area contributed by atoms with Gasteiger partial charge in [0.25, 0.3) is 0 Å². The predicted molar refractivity (Wildman–Crippen MR) is 69.7 cm³/mol. The Labute approximate surface area is 102 Å². The van der Waals surface area contributed by atoms with Crippen LogP contribution in [0.3, 0.4) is 0 Å². The summed E-state index contributed by atoms with van der Waals surface area (Å²) in [6.45, 7) is 2.18. The van der Waals surface area contributed by atoms with E-state index in [1.807, 2.05) is 7.05 Å². The lowest BCUT2D eigenvalue weighted by Gasteiger charge is -2.10. The number of hydrogen-bond donors (Lipinski definition) is 1. The Morgan fingerprint density at radius 3 is 2.53 bits per heavy atom. The minimum Gasteiger partial charge on any atom is -0.317 e. The molecule has 0 amide bonds. The summed E-state index contributed by atoms with van der Waals surface area (Å²) in [5.41, 5.74) is 3.36. The summed E-state index contributed by atoms with van der Waals surface area (Å²) in [6.07, 6.45) is 6.22. The van der Waals surface area contributed by atoms with Crippen LogP contribution in [-0.2, 0) is 6.42 Å². The van der Waals surface area contributed by atoms with Gasteiger partial charge in [0, 0.05) is 24.0 Å². The van der Waals surface area contributed by atoms with Crippen molar-refractivity contribution in [1.82, 2.24) is 15.3 Å². The maximum Gasteiger partial charge on any atom is 0.0885 e. The number of nitrogens with one attached hydrogen (secondary N) is 1. The molecule has 0 saturated carbocycles. The molecule has 0 fully saturated rings. The van der Waals surface area contributed by atoms with Crippen LogP contribution in [-0.4, -0.2) is 23.1 Å². The van der Waals surface area contributed by atoms with Crippen molar-refractivity contribution < 1.29 is 0 Å². The summed E-state index contributed by atoms with van der Waals surface area (Å²) in [5, 5.41) is 3.24. The highest BCUT2D eigenvalue weighted by molar-refractivity contribution is 5.58. The molecule has 1 heterocycles. The van der Waals surface area contributed by atoms with Gasteiger partial charge in [-0.05, 0) is 26.0 Å². The monoisotopic (exact) mass is 227 g/mol. The minimum absolute atomic E-state index is 0.498. The molecule has 2 rings (SSSR count). The van der Waals surface area contributed by atoms with E-state index in [-0.39, 0.29) is 0 Å². The van der Waals surface area contributed by atoms with E-state index in [1.165, 1.54) is 5.56 Å². The van der Waals surface area contributed by atoms with Gasteiger partial charge in [0.2, 0.25) is 0 Å². The molecule has 3 nitrogen and oxygen atoms in total. The zero-order valence-corrected chi connectivity index (χ0v) is 10.2. The molecule has 0 spiro atoms. The average molecular weight is 227 g/mol. The molecule has 0 aliphatic rings. The third kappa shape index (κ3) is 3.11. The summed E-state index contributed by atoms with van der Waals surface area (Å²) in [4.78, 5) is 8.35. The quantitative estimate of drug-likeness (QED) is 0.871. The molecule has 17 heavy (non-hydrogen) atoms. The smallest absolute Gasteiger partial charge is 0.0885 e. The van der Waals surface area contributed by atoms with E-state index in [0.717, 1.165) is 17.7 Å². The molecule has 0 saturated heterocycles. The predicted octanol–water partition coefficient (Wildman–Crippen LogP) is 2.29. The van der Waals surface area contributed by atoms with E-state index < -0.39 is 0 Å². The normalized spacial score (nSPS) is 12.4. The average Bonchev–Trinajstić information content (AvgIpc) is 2.40. The lowest BCUT2D eigenvalue weighted by molar-refractivity contribution is 0.608. The molecule has 3 heteroatoms. The van der Waals surface area contributed by atoms with Gasteiger partial charge in [-0.15, -0.1) is 0 Å². The van der Waals surface area contributed by atoms with Crippen LogP contribution in [0.15, 0.2) is 42.9 Å². The lowest BCUT2D eigenvalue weighted by Crippen LogP contribution is -2.23. The fraction of sp³-hybridized carbons (Fsp3) is 0.286. The van der Waals surface area contributed by atoms with Crippen molar-refractivity contribution >= 4 is 0 Å². The van der Waals surface area contributed by atoms with Crippen LogP contribution in [0.4, 0.5) is 0 Å². The van der Waals surface area contributed by atoms with Crippen LogP contribution >= 0.6 is 0 Å². The Balaban J connectivity index is 2.13. The van der Waals surface area contributed by atoms with E-state index in [0.29, 0.717) is 6.04 Å². The summed E-state index contributed by atoms with van der Waals surface area (Å²) in [6, 6.07) is 9.00. The number of likely N-dealkylation sites (N-methyl/N-ethyl adjacent to an activating group) is 1. The van der Waals surface area contributed by atoms with Crippen molar-refractivity contribution in [3.8, 4) is 11.3 Å². The third-order valence-corrected chi connectivity index (χ3v) is 2.85. The Bertz CT molecular complexity index is 451. The Hall–Kier alpha value is -1.74. The fourth-order valence-electron chi connectivity index (χ4n) is 1.72. The first kappa shape index (κ1) is 11.7. The van der Waals surface area contributed by atoms with Gasteiger partial charge < -0.3 is 5.32 Å². The second-order valence-corrected chi connectivity index (χ2v) is 4.18. The first-order valence-electron chi connectivity index (χ1n) is 5.82. The van der Waals surface area contributed by atoms with Crippen molar-refractivity contribution in [2.24, 2.45) is 0 Å². The molecule has 2 aromatic rings. The third-order valence-electron chi connectivity index (χ3n) is 2.85. The fourth-order valence-corrected chi connectivity index (χ4v) is 1.72. The molecule has 1 atom stereocenters. The summed E-state index contributed by atoms with van der Waals surface area (Å²) < 4.78 is 0. The van der Waals surface area contributed by atoms with Gasteiger partial charge in [-0.25, -0.2) is 0 Å². The Morgan fingerprint density at radius 1 is 1.18 bits per heavy atom. The van der Waals surface area contributed by atoms with E-state index >= 15 is 0 Å². The van der Waals surface area contributed by atoms with Crippen LogP contribution in [0.1, 0.15) is 12.5 Å². The van der Waals surface area contributed by atoms with Gasteiger partial charge in [-0.2, -0.15) is 0 Å². The first-order valence-corrected chi connectivity index (χ1v) is 5.82. The van der Waals surface area contributed by atoms with Crippen molar-refractivity contribution in [3.05, 3.63) is 48.4 Å². The molecular weight excluding hydrogens is 210 g/mol. The molecule has 0 aliphatic carbocycles. The van der Waals surface area contributed by atoms with E-state index in [4.69, 9.17) is 0 Å². The molecule has 0 aliphatic heterocycles. The highest BCUT2D eigenvalue weighted by Gasteiger charge is 2.02. The molecule has 1 unspecified atom stereocenters. The number of hydrogen-bond acceptors (Lipinski definition) is 3. The van der Waals surface area contributed by atoms with Crippen molar-refractivity contribution in [2.45, 2.75) is 19.4 Å². The molecule has 0 radical (unpaired) electrons. The topological polar surface area (TPSA) is 37.8 Å². The van der Waals surface area contributed by atoms with Crippen LogP contribution in [0, 0.1) is 0 Å². The van der Waals surface area contributed by atoms with Crippen molar-refractivity contribution in [3.63, 3.8) is 0 Å². The largest absolute Gasteiger partial charge is 0.317 e. The number of nitrogens with zero attached hydrogens (tertiary/aromatic N) is 2. The zero-order chi connectivity index (χ0) is 12.1. The highest BCUT2D eigenvalue weighted by Crippen LogP contribution is 2.16. The standard InChI is InChI=1S/C14H17N3/c1-11(15-2)9-12-3-5-13(6-4-12)14-10-16-7-8-17-14/h3-8,10-11,15H,9H2,1-2H3. The molecule has 0 bridgehead atoms. The Kier molecular flexibility index (Phi) is 3.83. The maximum absolute atomic E-state index is 4.28. The molecule has 1 aromatic heterocycles. The van der Waals surface area contributed by atoms with Crippen LogP contribution in [0.5, 0.6) is 0 Å². The number of rotatable bonds is 4. The van der Waals surface area contributed by atoms with Gasteiger partial charge in [-0.3, -0.25) is 9.97 Å². The van der Waals surface area contributed by atoms with Gasteiger partial charge in [0.1, 0.15) is 0 Å². The van der Waals surface area contributed by atoms with Crippen molar-refractivity contribution in [2.75, 3.05) is 7.05 Å². The zero-order valence-electron chi connectivity index (χ0n) is 10.2. The summed E-state index contributed by atoms with van der Waals surface area (Å²) >= 11 is 0. The van der Waals surface area contributed by atoms with Crippen molar-refractivity contribution in [1.29, 1.82) is 0 Å². The van der Waals surface area contributed by atoms with E-state index in [9.17, 15) is 0 Å². The Morgan fingerprint density at radius 2 is 1.94 bits per heavy atom. The molecular formula is C14H17N3. The van der Waals surface area contributed by atoms with E-state index in [2.05, 4.69) is 46.5 Å². The van der Waals surface area contributed by atoms with Gasteiger partial charge in [0.15, 0.2) is 0 Å². The number of aromatic nitrogens is 2.